The summed E-state index contributed by atoms with van der Waals surface area (Å²) in [6, 6.07) is 7.95. The van der Waals surface area contributed by atoms with Crippen molar-refractivity contribution in [3.05, 3.63) is 24.3 Å². The Morgan fingerprint density at radius 1 is 1.13 bits per heavy atom. The minimum atomic E-state index is -0.0138. The quantitative estimate of drug-likeness (QED) is 0.769. The van der Waals surface area contributed by atoms with Crippen molar-refractivity contribution in [3.8, 4) is 0 Å². The van der Waals surface area contributed by atoms with Crippen LogP contribution < -0.4 is 10.2 Å². The smallest absolute Gasteiger partial charge is 0.238 e. The van der Waals surface area contributed by atoms with E-state index in [-0.39, 0.29) is 5.91 Å². The first-order valence-corrected chi connectivity index (χ1v) is 8.22. The van der Waals surface area contributed by atoms with E-state index in [1.165, 1.54) is 0 Å². The fourth-order valence-electron chi connectivity index (χ4n) is 2.77. The van der Waals surface area contributed by atoms with E-state index in [0.717, 1.165) is 44.0 Å². The lowest BCUT2D eigenvalue weighted by Gasteiger charge is -2.31. The minimum Gasteiger partial charge on any atom is -0.372 e. The van der Waals surface area contributed by atoms with Crippen molar-refractivity contribution in [2.24, 2.45) is 0 Å². The van der Waals surface area contributed by atoms with Gasteiger partial charge in [0.25, 0.3) is 0 Å². The van der Waals surface area contributed by atoms with Gasteiger partial charge in [0.1, 0.15) is 0 Å². The van der Waals surface area contributed by atoms with E-state index < -0.39 is 0 Å². The summed E-state index contributed by atoms with van der Waals surface area (Å²) < 4.78 is 0. The molecule has 1 aliphatic rings. The van der Waals surface area contributed by atoms with E-state index in [0.29, 0.717) is 19.6 Å². The third kappa shape index (κ3) is 4.96. The molecule has 1 fully saturated rings. The Bertz CT molecular complexity index is 506. The van der Waals surface area contributed by atoms with Gasteiger partial charge in [0, 0.05) is 50.6 Å². The van der Waals surface area contributed by atoms with Gasteiger partial charge in [-0.3, -0.25) is 14.5 Å². The second-order valence-electron chi connectivity index (χ2n) is 5.68. The van der Waals surface area contributed by atoms with Crippen LogP contribution in [0.3, 0.4) is 0 Å². The van der Waals surface area contributed by atoms with Crippen LogP contribution in [0.5, 0.6) is 0 Å². The first-order valence-electron chi connectivity index (χ1n) is 8.22. The molecular formula is C17H26N4O2. The summed E-state index contributed by atoms with van der Waals surface area (Å²) in [4.78, 5) is 28.9. The number of rotatable bonds is 7. The minimum absolute atomic E-state index is 0.0138. The number of benzene rings is 1. The molecule has 23 heavy (non-hydrogen) atoms. The van der Waals surface area contributed by atoms with E-state index in [4.69, 9.17) is 0 Å². The van der Waals surface area contributed by atoms with E-state index in [1.807, 2.05) is 24.3 Å². The SMILES string of the molecule is CCN(CC)c1ccc(NC(=O)CN2CCN(C=O)CC2)cc1. The van der Waals surface area contributed by atoms with E-state index in [9.17, 15) is 9.59 Å². The lowest BCUT2D eigenvalue weighted by Crippen LogP contribution is -2.48. The fraction of sp³-hybridized carbons (Fsp3) is 0.529. The molecule has 0 spiro atoms. The van der Waals surface area contributed by atoms with Gasteiger partial charge < -0.3 is 15.1 Å². The van der Waals surface area contributed by atoms with Gasteiger partial charge in [-0.25, -0.2) is 0 Å². The van der Waals surface area contributed by atoms with Crippen LogP contribution in [-0.2, 0) is 9.59 Å². The molecule has 6 heteroatoms. The maximum absolute atomic E-state index is 12.1. The van der Waals surface area contributed by atoms with Gasteiger partial charge in [-0.2, -0.15) is 0 Å². The molecule has 1 heterocycles. The molecule has 0 bridgehead atoms. The van der Waals surface area contributed by atoms with Crippen LogP contribution >= 0.6 is 0 Å². The summed E-state index contributed by atoms with van der Waals surface area (Å²) in [5.41, 5.74) is 1.98. The molecule has 6 nitrogen and oxygen atoms in total. The number of nitrogens with one attached hydrogen (secondary N) is 1. The summed E-state index contributed by atoms with van der Waals surface area (Å²) in [7, 11) is 0. The number of anilines is 2. The Balaban J connectivity index is 1.82. The zero-order chi connectivity index (χ0) is 16.7. The molecule has 1 aliphatic heterocycles. The number of carbonyl (C=O) groups excluding carboxylic acids is 2. The van der Waals surface area contributed by atoms with Crippen molar-refractivity contribution in [1.82, 2.24) is 9.80 Å². The molecule has 0 atom stereocenters. The largest absolute Gasteiger partial charge is 0.372 e. The summed E-state index contributed by atoms with van der Waals surface area (Å²) in [6.07, 6.45) is 0.870. The zero-order valence-electron chi connectivity index (χ0n) is 14.0. The molecule has 0 saturated carbocycles. The maximum Gasteiger partial charge on any atom is 0.238 e. The van der Waals surface area contributed by atoms with Crippen LogP contribution in [0, 0.1) is 0 Å². The summed E-state index contributed by atoms with van der Waals surface area (Å²) in [5.74, 6) is -0.0138. The van der Waals surface area contributed by atoms with Gasteiger partial charge in [0.05, 0.1) is 6.54 Å². The first-order chi connectivity index (χ1) is 11.2. The number of amides is 2. The molecule has 1 aromatic carbocycles. The average molecular weight is 318 g/mol. The Morgan fingerprint density at radius 2 is 1.74 bits per heavy atom. The van der Waals surface area contributed by atoms with Gasteiger partial charge in [-0.05, 0) is 38.1 Å². The lowest BCUT2D eigenvalue weighted by molar-refractivity contribution is -0.120. The Kier molecular flexibility index (Phi) is 6.40. The van der Waals surface area contributed by atoms with Crippen LogP contribution in [0.2, 0.25) is 0 Å². The van der Waals surface area contributed by atoms with Gasteiger partial charge in [-0.15, -0.1) is 0 Å². The highest BCUT2D eigenvalue weighted by atomic mass is 16.2. The third-order valence-electron chi connectivity index (χ3n) is 4.20. The molecule has 2 amide bonds. The Morgan fingerprint density at radius 3 is 2.26 bits per heavy atom. The highest BCUT2D eigenvalue weighted by molar-refractivity contribution is 5.92. The third-order valence-corrected chi connectivity index (χ3v) is 4.20. The standard InChI is InChI=1S/C17H26N4O2/c1-3-21(4-2)16-7-5-15(6-8-16)18-17(23)13-19-9-11-20(14-22)12-10-19/h5-8,14H,3-4,9-13H2,1-2H3,(H,18,23). The number of hydrogen-bond donors (Lipinski definition) is 1. The van der Waals surface area contributed by atoms with Crippen LogP contribution in [-0.4, -0.2) is 67.9 Å². The highest BCUT2D eigenvalue weighted by Gasteiger charge is 2.17. The van der Waals surface area contributed by atoms with Crippen molar-refractivity contribution >= 4 is 23.7 Å². The normalized spacial score (nSPS) is 15.3. The molecule has 0 aromatic heterocycles. The van der Waals surface area contributed by atoms with Crippen LogP contribution in [0.15, 0.2) is 24.3 Å². The topological polar surface area (TPSA) is 55.9 Å². The second kappa shape index (κ2) is 8.53. The van der Waals surface area contributed by atoms with Crippen molar-refractivity contribution in [2.45, 2.75) is 13.8 Å². The van der Waals surface area contributed by atoms with Crippen LogP contribution in [0.1, 0.15) is 13.8 Å². The molecular weight excluding hydrogens is 292 g/mol. The Labute approximate surface area is 138 Å². The molecule has 1 aromatic rings. The second-order valence-corrected chi connectivity index (χ2v) is 5.68. The van der Waals surface area contributed by atoms with Crippen molar-refractivity contribution in [2.75, 3.05) is 56.0 Å². The molecule has 0 aliphatic carbocycles. The summed E-state index contributed by atoms with van der Waals surface area (Å²) in [5, 5.41) is 2.93. The van der Waals surface area contributed by atoms with E-state index >= 15 is 0 Å². The van der Waals surface area contributed by atoms with E-state index in [1.54, 1.807) is 4.90 Å². The average Bonchev–Trinajstić information content (AvgIpc) is 2.58. The zero-order valence-corrected chi connectivity index (χ0v) is 14.0. The maximum atomic E-state index is 12.1. The molecule has 1 N–H and O–H groups in total. The van der Waals surface area contributed by atoms with Gasteiger partial charge in [0.2, 0.25) is 12.3 Å². The van der Waals surface area contributed by atoms with Gasteiger partial charge >= 0.3 is 0 Å². The number of carbonyl (C=O) groups is 2. The van der Waals surface area contributed by atoms with E-state index in [2.05, 4.69) is 29.0 Å². The van der Waals surface area contributed by atoms with Crippen molar-refractivity contribution in [1.29, 1.82) is 0 Å². The molecule has 2 rings (SSSR count). The van der Waals surface area contributed by atoms with Crippen LogP contribution in [0.25, 0.3) is 0 Å². The van der Waals surface area contributed by atoms with Gasteiger partial charge in [0.15, 0.2) is 0 Å². The lowest BCUT2D eigenvalue weighted by atomic mass is 10.2. The number of piperazine rings is 1. The highest BCUT2D eigenvalue weighted by Crippen LogP contribution is 2.17. The Hall–Kier alpha value is -2.08. The molecule has 1 saturated heterocycles. The fourth-order valence-corrected chi connectivity index (χ4v) is 2.77. The first kappa shape index (κ1) is 17.3. The summed E-state index contributed by atoms with van der Waals surface area (Å²) >= 11 is 0. The van der Waals surface area contributed by atoms with Gasteiger partial charge in [-0.1, -0.05) is 0 Å². The predicted molar refractivity (Wildman–Crippen MR) is 92.7 cm³/mol. The number of nitrogens with zero attached hydrogens (tertiary/aromatic N) is 3. The predicted octanol–water partition coefficient (Wildman–Crippen LogP) is 1.25. The molecule has 0 radical (unpaired) electrons. The molecule has 0 unspecified atom stereocenters. The monoisotopic (exact) mass is 318 g/mol. The van der Waals surface area contributed by atoms with Crippen molar-refractivity contribution < 1.29 is 9.59 Å². The van der Waals surface area contributed by atoms with Crippen LogP contribution in [0.4, 0.5) is 11.4 Å². The molecule has 126 valence electrons. The summed E-state index contributed by atoms with van der Waals surface area (Å²) in [6.45, 7) is 9.42. The van der Waals surface area contributed by atoms with Crippen molar-refractivity contribution in [3.63, 3.8) is 0 Å². The number of hydrogen-bond acceptors (Lipinski definition) is 4.